The Morgan fingerprint density at radius 2 is 1.62 bits per heavy atom. The average molecular weight is 316 g/mol. The van der Waals surface area contributed by atoms with Crippen molar-refractivity contribution in [1.82, 2.24) is 10.3 Å². The molecule has 0 aliphatic carbocycles. The predicted octanol–water partition coefficient (Wildman–Crippen LogP) is 3.84. The number of nitrogens with zero attached hydrogens (tertiary/aromatic N) is 1. The SMILES string of the molecule is O=C(NCC(Cc1ccccc1)c1ccccc1)c1cccnc1. The molecule has 1 unspecified atom stereocenters. The maximum atomic E-state index is 12.3. The van der Waals surface area contributed by atoms with Gasteiger partial charge < -0.3 is 5.32 Å². The zero-order valence-corrected chi connectivity index (χ0v) is 13.4. The third-order valence-corrected chi connectivity index (χ3v) is 4.03. The Morgan fingerprint density at radius 1 is 0.917 bits per heavy atom. The Balaban J connectivity index is 1.72. The molecule has 2 aromatic carbocycles. The minimum Gasteiger partial charge on any atom is -0.351 e. The molecule has 1 aromatic heterocycles. The maximum Gasteiger partial charge on any atom is 0.252 e. The van der Waals surface area contributed by atoms with E-state index in [1.807, 2.05) is 36.4 Å². The van der Waals surface area contributed by atoms with E-state index in [0.717, 1.165) is 6.42 Å². The normalized spacial score (nSPS) is 11.7. The molecule has 0 spiro atoms. The summed E-state index contributed by atoms with van der Waals surface area (Å²) in [5, 5.41) is 3.04. The zero-order chi connectivity index (χ0) is 16.6. The fourth-order valence-corrected chi connectivity index (χ4v) is 2.75. The number of nitrogens with one attached hydrogen (secondary N) is 1. The van der Waals surface area contributed by atoms with Crippen molar-refractivity contribution in [2.24, 2.45) is 0 Å². The summed E-state index contributed by atoms with van der Waals surface area (Å²) in [6.45, 7) is 0.590. The van der Waals surface area contributed by atoms with Crippen molar-refractivity contribution in [2.45, 2.75) is 12.3 Å². The monoisotopic (exact) mass is 316 g/mol. The zero-order valence-electron chi connectivity index (χ0n) is 13.4. The number of amides is 1. The van der Waals surface area contributed by atoms with Gasteiger partial charge in [-0.25, -0.2) is 0 Å². The first kappa shape index (κ1) is 15.9. The Hall–Kier alpha value is -2.94. The molecule has 3 rings (SSSR count). The standard InChI is InChI=1S/C21H20N2O/c24-21(19-12-7-13-22-15-19)23-16-20(18-10-5-2-6-11-18)14-17-8-3-1-4-9-17/h1-13,15,20H,14,16H2,(H,23,24). The Labute approximate surface area is 142 Å². The summed E-state index contributed by atoms with van der Waals surface area (Å²) in [5.74, 6) is 0.145. The highest BCUT2D eigenvalue weighted by Gasteiger charge is 2.14. The third-order valence-electron chi connectivity index (χ3n) is 4.03. The molecule has 0 bridgehead atoms. The smallest absolute Gasteiger partial charge is 0.252 e. The van der Waals surface area contributed by atoms with Gasteiger partial charge in [-0.2, -0.15) is 0 Å². The van der Waals surface area contributed by atoms with Crippen LogP contribution < -0.4 is 5.32 Å². The second-order valence-corrected chi connectivity index (χ2v) is 5.75. The molecular weight excluding hydrogens is 296 g/mol. The summed E-state index contributed by atoms with van der Waals surface area (Å²) in [6, 6.07) is 24.2. The van der Waals surface area contributed by atoms with Crippen LogP contribution in [0.2, 0.25) is 0 Å². The highest BCUT2D eigenvalue weighted by Crippen LogP contribution is 2.20. The van der Waals surface area contributed by atoms with Crippen LogP contribution in [0.25, 0.3) is 0 Å². The fraction of sp³-hybridized carbons (Fsp3) is 0.143. The average Bonchev–Trinajstić information content (AvgIpc) is 2.67. The first-order valence-corrected chi connectivity index (χ1v) is 8.10. The van der Waals surface area contributed by atoms with Gasteiger partial charge in [-0.3, -0.25) is 9.78 Å². The van der Waals surface area contributed by atoms with Crippen molar-refractivity contribution >= 4 is 5.91 Å². The molecule has 1 heterocycles. The van der Waals surface area contributed by atoms with E-state index in [2.05, 4.69) is 34.6 Å². The van der Waals surface area contributed by atoms with E-state index in [1.54, 1.807) is 24.5 Å². The second kappa shape index (κ2) is 8.06. The van der Waals surface area contributed by atoms with Gasteiger partial charge in [0.1, 0.15) is 0 Å². The molecule has 1 N–H and O–H groups in total. The van der Waals surface area contributed by atoms with Gasteiger partial charge in [0.25, 0.3) is 5.91 Å². The molecule has 3 heteroatoms. The highest BCUT2D eigenvalue weighted by molar-refractivity contribution is 5.93. The molecule has 1 amide bonds. The number of carbonyl (C=O) groups is 1. The lowest BCUT2D eigenvalue weighted by Gasteiger charge is -2.18. The van der Waals surface area contributed by atoms with Crippen LogP contribution in [-0.4, -0.2) is 17.4 Å². The Morgan fingerprint density at radius 3 is 2.29 bits per heavy atom. The van der Waals surface area contributed by atoms with E-state index in [9.17, 15) is 4.79 Å². The Bertz CT molecular complexity index is 758. The summed E-state index contributed by atoms with van der Waals surface area (Å²) in [5.41, 5.74) is 3.08. The molecule has 3 aromatic rings. The minimum atomic E-state index is -0.0860. The minimum absolute atomic E-state index is 0.0860. The molecule has 0 fully saturated rings. The van der Waals surface area contributed by atoms with Gasteiger partial charge in [-0.05, 0) is 29.7 Å². The van der Waals surface area contributed by atoms with Crippen molar-refractivity contribution in [3.8, 4) is 0 Å². The highest BCUT2D eigenvalue weighted by atomic mass is 16.1. The van der Waals surface area contributed by atoms with Gasteiger partial charge in [0.2, 0.25) is 0 Å². The molecule has 120 valence electrons. The van der Waals surface area contributed by atoms with Crippen molar-refractivity contribution in [1.29, 1.82) is 0 Å². The number of carbonyl (C=O) groups excluding carboxylic acids is 1. The van der Waals surface area contributed by atoms with Crippen molar-refractivity contribution in [3.63, 3.8) is 0 Å². The van der Waals surface area contributed by atoms with E-state index in [-0.39, 0.29) is 11.8 Å². The summed E-state index contributed by atoms with van der Waals surface area (Å²) < 4.78 is 0. The number of pyridine rings is 1. The largest absolute Gasteiger partial charge is 0.351 e. The van der Waals surface area contributed by atoms with Gasteiger partial charge in [-0.15, -0.1) is 0 Å². The molecule has 0 radical (unpaired) electrons. The first-order valence-electron chi connectivity index (χ1n) is 8.10. The lowest BCUT2D eigenvalue weighted by atomic mass is 9.92. The van der Waals surface area contributed by atoms with Crippen LogP contribution in [0.4, 0.5) is 0 Å². The number of hydrogen-bond acceptors (Lipinski definition) is 2. The van der Waals surface area contributed by atoms with Gasteiger partial charge in [0, 0.05) is 24.9 Å². The van der Waals surface area contributed by atoms with Crippen molar-refractivity contribution in [2.75, 3.05) is 6.54 Å². The quantitative estimate of drug-likeness (QED) is 0.751. The summed E-state index contributed by atoms with van der Waals surface area (Å²) in [6.07, 6.45) is 4.14. The number of rotatable bonds is 6. The van der Waals surface area contributed by atoms with Crippen LogP contribution >= 0.6 is 0 Å². The van der Waals surface area contributed by atoms with Gasteiger partial charge in [0.05, 0.1) is 5.56 Å². The van der Waals surface area contributed by atoms with Crippen LogP contribution in [0.15, 0.2) is 85.2 Å². The van der Waals surface area contributed by atoms with E-state index in [4.69, 9.17) is 0 Å². The third kappa shape index (κ3) is 4.29. The van der Waals surface area contributed by atoms with E-state index in [0.29, 0.717) is 12.1 Å². The molecule has 1 atom stereocenters. The Kier molecular flexibility index (Phi) is 5.36. The van der Waals surface area contributed by atoms with Crippen LogP contribution in [0.5, 0.6) is 0 Å². The van der Waals surface area contributed by atoms with Crippen LogP contribution in [-0.2, 0) is 6.42 Å². The van der Waals surface area contributed by atoms with Crippen LogP contribution in [0.3, 0.4) is 0 Å². The molecule has 0 saturated carbocycles. The number of hydrogen-bond donors (Lipinski definition) is 1. The van der Waals surface area contributed by atoms with Gasteiger partial charge in [0.15, 0.2) is 0 Å². The predicted molar refractivity (Wildman–Crippen MR) is 95.9 cm³/mol. The topological polar surface area (TPSA) is 42.0 Å². The van der Waals surface area contributed by atoms with Gasteiger partial charge in [-0.1, -0.05) is 60.7 Å². The molecule has 0 saturated heterocycles. The summed E-state index contributed by atoms with van der Waals surface area (Å²) in [7, 11) is 0. The van der Waals surface area contributed by atoms with E-state index >= 15 is 0 Å². The van der Waals surface area contributed by atoms with Gasteiger partial charge >= 0.3 is 0 Å². The van der Waals surface area contributed by atoms with Crippen molar-refractivity contribution < 1.29 is 4.79 Å². The summed E-state index contributed by atoms with van der Waals surface area (Å²) >= 11 is 0. The molecule has 0 aliphatic rings. The van der Waals surface area contributed by atoms with Crippen LogP contribution in [0.1, 0.15) is 27.4 Å². The van der Waals surface area contributed by atoms with Crippen molar-refractivity contribution in [3.05, 3.63) is 102 Å². The number of benzene rings is 2. The second-order valence-electron chi connectivity index (χ2n) is 5.75. The maximum absolute atomic E-state index is 12.3. The lowest BCUT2D eigenvalue weighted by Crippen LogP contribution is -2.29. The first-order chi connectivity index (χ1) is 11.8. The lowest BCUT2D eigenvalue weighted by molar-refractivity contribution is 0.0950. The van der Waals surface area contributed by atoms with Crippen LogP contribution in [0, 0.1) is 0 Å². The molecule has 24 heavy (non-hydrogen) atoms. The van der Waals surface area contributed by atoms with E-state index < -0.39 is 0 Å². The molecule has 0 aliphatic heterocycles. The number of aromatic nitrogens is 1. The summed E-state index contributed by atoms with van der Waals surface area (Å²) in [4.78, 5) is 16.3. The van der Waals surface area contributed by atoms with E-state index in [1.165, 1.54) is 11.1 Å². The molecular formula is C21H20N2O. The molecule has 3 nitrogen and oxygen atoms in total. The fourth-order valence-electron chi connectivity index (χ4n) is 2.75.